The van der Waals surface area contributed by atoms with E-state index in [-0.39, 0.29) is 31.4 Å². The number of nitrogens with zero attached hydrogens (tertiary/aromatic N) is 2. The van der Waals surface area contributed by atoms with Crippen LogP contribution in [-0.4, -0.2) is 78.2 Å². The lowest BCUT2D eigenvalue weighted by molar-refractivity contribution is -0.147. The lowest BCUT2D eigenvalue weighted by Crippen LogP contribution is -2.56. The fourth-order valence-corrected chi connectivity index (χ4v) is 4.65. The number of fused-ring (bicyclic) bond motifs is 3. The maximum absolute atomic E-state index is 12.6. The third kappa shape index (κ3) is 4.85. The average Bonchev–Trinajstić information content (AvgIpc) is 3.11. The van der Waals surface area contributed by atoms with E-state index in [1.807, 2.05) is 24.3 Å². The molecule has 1 aliphatic carbocycles. The molecule has 0 saturated carbocycles. The predicted molar refractivity (Wildman–Crippen MR) is 123 cm³/mol. The summed E-state index contributed by atoms with van der Waals surface area (Å²) in [6, 6.07) is 15.1. The van der Waals surface area contributed by atoms with Crippen LogP contribution >= 0.6 is 0 Å². The highest BCUT2D eigenvalue weighted by molar-refractivity contribution is 5.81. The van der Waals surface area contributed by atoms with E-state index in [2.05, 4.69) is 29.6 Å². The van der Waals surface area contributed by atoms with Crippen LogP contribution in [0.2, 0.25) is 0 Å². The summed E-state index contributed by atoms with van der Waals surface area (Å²) in [6.07, 6.45) is -0.487. The van der Waals surface area contributed by atoms with Crippen molar-refractivity contribution in [3.8, 4) is 11.1 Å². The number of piperazine rings is 1. The van der Waals surface area contributed by atoms with Crippen molar-refractivity contribution >= 4 is 18.0 Å². The number of nitrogens with one attached hydrogen (secondary N) is 1. The molecular formula is C25H29N3O5. The molecule has 1 fully saturated rings. The average molecular weight is 452 g/mol. The molecule has 2 aromatic carbocycles. The first-order valence-corrected chi connectivity index (χ1v) is 11.2. The quantitative estimate of drug-likeness (QED) is 0.700. The highest BCUT2D eigenvalue weighted by atomic mass is 16.5. The topological polar surface area (TPSA) is 99.2 Å². The smallest absolute Gasteiger partial charge is 0.407 e. The van der Waals surface area contributed by atoms with Crippen molar-refractivity contribution in [2.75, 3.05) is 33.3 Å². The van der Waals surface area contributed by atoms with Gasteiger partial charge in [-0.3, -0.25) is 14.5 Å². The van der Waals surface area contributed by atoms with Gasteiger partial charge in [-0.05, 0) is 36.2 Å². The van der Waals surface area contributed by atoms with E-state index < -0.39 is 24.1 Å². The molecule has 1 aliphatic heterocycles. The Labute approximate surface area is 193 Å². The highest BCUT2D eigenvalue weighted by Gasteiger charge is 2.33. The van der Waals surface area contributed by atoms with Crippen LogP contribution in [0.4, 0.5) is 4.79 Å². The molecule has 0 radical (unpaired) electrons. The fraction of sp³-hybridized carbons (Fsp3) is 0.400. The number of hydrogen-bond donors (Lipinski definition) is 2. The molecule has 2 atom stereocenters. The Morgan fingerprint density at radius 3 is 2.27 bits per heavy atom. The third-order valence-electron chi connectivity index (χ3n) is 6.47. The van der Waals surface area contributed by atoms with E-state index in [0.717, 1.165) is 22.3 Å². The Morgan fingerprint density at radius 2 is 1.67 bits per heavy atom. The Hall–Kier alpha value is -3.39. The number of carbonyl (C=O) groups is 3. The molecule has 1 heterocycles. The van der Waals surface area contributed by atoms with Gasteiger partial charge in [0.15, 0.2) is 0 Å². The molecule has 174 valence electrons. The first-order valence-electron chi connectivity index (χ1n) is 11.2. The summed E-state index contributed by atoms with van der Waals surface area (Å²) < 4.78 is 5.54. The zero-order valence-electron chi connectivity index (χ0n) is 18.9. The summed E-state index contributed by atoms with van der Waals surface area (Å²) >= 11 is 0. The van der Waals surface area contributed by atoms with Crippen molar-refractivity contribution < 1.29 is 24.2 Å². The van der Waals surface area contributed by atoms with Crippen LogP contribution in [-0.2, 0) is 14.3 Å². The van der Waals surface area contributed by atoms with Gasteiger partial charge in [0.2, 0.25) is 5.91 Å². The van der Waals surface area contributed by atoms with Gasteiger partial charge in [-0.15, -0.1) is 0 Å². The number of carboxylic acids is 1. The maximum Gasteiger partial charge on any atom is 0.407 e. The Balaban J connectivity index is 1.30. The molecule has 2 aliphatic rings. The minimum Gasteiger partial charge on any atom is -0.480 e. The van der Waals surface area contributed by atoms with Gasteiger partial charge >= 0.3 is 12.1 Å². The van der Waals surface area contributed by atoms with Gasteiger partial charge < -0.3 is 20.1 Å². The zero-order valence-corrected chi connectivity index (χ0v) is 18.9. The number of ether oxygens (including phenoxy) is 1. The largest absolute Gasteiger partial charge is 0.480 e. The minimum absolute atomic E-state index is 0.0293. The highest BCUT2D eigenvalue weighted by Crippen LogP contribution is 2.44. The van der Waals surface area contributed by atoms with Crippen molar-refractivity contribution in [1.29, 1.82) is 0 Å². The molecule has 2 N–H and O–H groups in total. The van der Waals surface area contributed by atoms with Crippen LogP contribution < -0.4 is 5.32 Å². The summed E-state index contributed by atoms with van der Waals surface area (Å²) in [5.41, 5.74) is 4.59. The Kier molecular flexibility index (Phi) is 6.65. The van der Waals surface area contributed by atoms with Crippen molar-refractivity contribution in [1.82, 2.24) is 15.1 Å². The van der Waals surface area contributed by atoms with Gasteiger partial charge in [-0.2, -0.15) is 0 Å². The SMILES string of the molecule is C[C@@H](CC(=O)N1CCN(C)C(C(=O)O)C1)NC(=O)OCC1c2ccccc2-c2ccccc21. The molecule has 2 aromatic rings. The van der Waals surface area contributed by atoms with Crippen molar-refractivity contribution in [3.05, 3.63) is 59.7 Å². The first-order chi connectivity index (χ1) is 15.8. The molecule has 33 heavy (non-hydrogen) atoms. The Morgan fingerprint density at radius 1 is 1.06 bits per heavy atom. The van der Waals surface area contributed by atoms with E-state index in [1.54, 1.807) is 23.8 Å². The van der Waals surface area contributed by atoms with Crippen LogP contribution in [0, 0.1) is 0 Å². The summed E-state index contributed by atoms with van der Waals surface area (Å²) in [6.45, 7) is 3.05. The van der Waals surface area contributed by atoms with Crippen molar-refractivity contribution in [2.45, 2.75) is 31.3 Å². The zero-order chi connectivity index (χ0) is 23.5. The second-order valence-electron chi connectivity index (χ2n) is 8.75. The van der Waals surface area contributed by atoms with Crippen LogP contribution in [0.5, 0.6) is 0 Å². The van der Waals surface area contributed by atoms with E-state index >= 15 is 0 Å². The molecule has 0 spiro atoms. The van der Waals surface area contributed by atoms with Gasteiger partial charge in [0.05, 0.1) is 0 Å². The molecular weight excluding hydrogens is 422 g/mol. The standard InChI is InChI=1S/C25H29N3O5/c1-16(13-23(29)28-12-11-27(2)22(14-28)24(30)31)26-25(32)33-15-21-19-9-5-3-7-17(19)18-8-4-6-10-20(18)21/h3-10,16,21-22H,11-15H2,1-2H3,(H,26,32)(H,30,31)/t16-,22?/m0/s1. The number of carboxylic acid groups (broad SMARTS) is 1. The summed E-state index contributed by atoms with van der Waals surface area (Å²) in [5, 5.41) is 12.1. The Bertz CT molecular complexity index is 1010. The number of carbonyl (C=O) groups excluding carboxylic acids is 2. The van der Waals surface area contributed by atoms with Crippen LogP contribution in [0.25, 0.3) is 11.1 Å². The molecule has 8 nitrogen and oxygen atoms in total. The second-order valence-corrected chi connectivity index (χ2v) is 8.75. The van der Waals surface area contributed by atoms with Crippen LogP contribution in [0.1, 0.15) is 30.4 Å². The van der Waals surface area contributed by atoms with E-state index in [9.17, 15) is 19.5 Å². The van der Waals surface area contributed by atoms with Crippen molar-refractivity contribution in [2.24, 2.45) is 0 Å². The van der Waals surface area contributed by atoms with Crippen LogP contribution in [0.3, 0.4) is 0 Å². The van der Waals surface area contributed by atoms with Crippen LogP contribution in [0.15, 0.2) is 48.5 Å². The second kappa shape index (κ2) is 9.62. The van der Waals surface area contributed by atoms with Crippen molar-refractivity contribution in [3.63, 3.8) is 0 Å². The first kappa shape index (κ1) is 22.8. The summed E-state index contributed by atoms with van der Waals surface area (Å²) in [4.78, 5) is 39.7. The molecule has 2 amide bonds. The summed E-state index contributed by atoms with van der Waals surface area (Å²) in [5.74, 6) is -1.15. The van der Waals surface area contributed by atoms with Gasteiger partial charge in [0, 0.05) is 38.0 Å². The molecule has 1 unspecified atom stereocenters. The third-order valence-corrected chi connectivity index (χ3v) is 6.47. The van der Waals surface area contributed by atoms with Gasteiger partial charge in [-0.1, -0.05) is 48.5 Å². The lowest BCUT2D eigenvalue weighted by Gasteiger charge is -2.37. The normalized spacial score (nSPS) is 18.8. The number of rotatable bonds is 6. The maximum atomic E-state index is 12.6. The number of alkyl carbamates (subject to hydrolysis) is 1. The van der Waals surface area contributed by atoms with E-state index in [0.29, 0.717) is 13.1 Å². The summed E-state index contributed by atoms with van der Waals surface area (Å²) in [7, 11) is 1.74. The number of aliphatic carboxylic acids is 1. The van der Waals surface area contributed by atoms with Gasteiger partial charge in [-0.25, -0.2) is 4.79 Å². The molecule has 8 heteroatoms. The molecule has 0 bridgehead atoms. The number of hydrogen-bond acceptors (Lipinski definition) is 5. The number of likely N-dealkylation sites (N-methyl/N-ethyl adjacent to an activating group) is 1. The molecule has 1 saturated heterocycles. The lowest BCUT2D eigenvalue weighted by atomic mass is 9.98. The number of benzene rings is 2. The van der Waals surface area contributed by atoms with Gasteiger partial charge in [0.1, 0.15) is 12.6 Å². The number of amides is 2. The molecule has 0 aromatic heterocycles. The monoisotopic (exact) mass is 451 g/mol. The molecule has 4 rings (SSSR count). The van der Waals surface area contributed by atoms with E-state index in [4.69, 9.17) is 4.74 Å². The van der Waals surface area contributed by atoms with E-state index in [1.165, 1.54) is 0 Å². The fourth-order valence-electron chi connectivity index (χ4n) is 4.65. The van der Waals surface area contributed by atoms with Gasteiger partial charge in [0.25, 0.3) is 0 Å². The minimum atomic E-state index is -0.945. The predicted octanol–water partition coefficient (Wildman–Crippen LogP) is 2.53.